The van der Waals surface area contributed by atoms with E-state index in [1.165, 1.54) is 38.5 Å². The Labute approximate surface area is 93.7 Å². The second-order valence-corrected chi connectivity index (χ2v) is 5.60. The summed E-state index contributed by atoms with van der Waals surface area (Å²) in [6.07, 6.45) is 9.73. The highest BCUT2D eigenvalue weighted by Gasteiger charge is 2.34. The van der Waals surface area contributed by atoms with E-state index < -0.39 is 0 Å². The van der Waals surface area contributed by atoms with Crippen LogP contribution in [0.2, 0.25) is 0 Å². The smallest absolute Gasteiger partial charge is 0.0954 e. The fourth-order valence-corrected chi connectivity index (χ4v) is 3.20. The van der Waals surface area contributed by atoms with Crippen LogP contribution in [0.4, 0.5) is 0 Å². The summed E-state index contributed by atoms with van der Waals surface area (Å²) in [5.41, 5.74) is 0.413. The Morgan fingerprint density at radius 2 is 1.53 bits per heavy atom. The topological polar surface area (TPSA) is 23.1 Å². The highest BCUT2D eigenvalue weighted by atomic mass is 16.3. The molecule has 0 aromatic carbocycles. The molecule has 0 unspecified atom stereocenters. The Hall–Kier alpha value is -0.0800. The fraction of sp³-hybridized carbons (Fsp3) is 1.00. The van der Waals surface area contributed by atoms with Gasteiger partial charge in [0, 0.05) is 18.6 Å². The molecule has 87 valence electrons. The van der Waals surface area contributed by atoms with E-state index in [4.69, 9.17) is 0 Å². The second kappa shape index (κ2) is 4.84. The van der Waals surface area contributed by atoms with E-state index in [1.807, 2.05) is 0 Å². The zero-order chi connectivity index (χ0) is 10.7. The third-order valence-corrected chi connectivity index (χ3v) is 4.39. The molecule has 0 N–H and O–H groups in total. The normalized spacial score (nSPS) is 30.0. The molecule has 2 heteroatoms. The van der Waals surface area contributed by atoms with Crippen LogP contribution in [-0.4, -0.2) is 29.6 Å². The van der Waals surface area contributed by atoms with Crippen LogP contribution in [0, 0.1) is 0 Å². The van der Waals surface area contributed by atoms with Crippen molar-refractivity contribution in [1.29, 1.82) is 0 Å². The van der Waals surface area contributed by atoms with E-state index in [-0.39, 0.29) is 6.10 Å². The minimum absolute atomic E-state index is 0.282. The average Bonchev–Trinajstić information content (AvgIpc) is 2.45. The van der Waals surface area contributed by atoms with Gasteiger partial charge in [-0.25, -0.2) is 5.11 Å². The maximum Gasteiger partial charge on any atom is 0.0954 e. The highest BCUT2D eigenvalue weighted by Crippen LogP contribution is 2.33. The summed E-state index contributed by atoms with van der Waals surface area (Å²) in [7, 11) is 0. The molecular formula is C13H24NO. The van der Waals surface area contributed by atoms with Crippen molar-refractivity contribution in [3.05, 3.63) is 0 Å². The minimum atomic E-state index is -0.282. The summed E-state index contributed by atoms with van der Waals surface area (Å²) in [5.74, 6) is 0. The first-order valence-corrected chi connectivity index (χ1v) is 6.62. The van der Waals surface area contributed by atoms with Gasteiger partial charge in [0.1, 0.15) is 0 Å². The van der Waals surface area contributed by atoms with Crippen LogP contribution in [0.15, 0.2) is 0 Å². The van der Waals surface area contributed by atoms with Crippen molar-refractivity contribution in [2.75, 3.05) is 13.1 Å². The predicted octanol–water partition coefficient (Wildman–Crippen LogP) is 2.99. The Morgan fingerprint density at radius 3 is 2.07 bits per heavy atom. The Kier molecular flexibility index (Phi) is 3.68. The molecule has 15 heavy (non-hydrogen) atoms. The molecule has 2 nitrogen and oxygen atoms in total. The third-order valence-electron chi connectivity index (χ3n) is 4.39. The average molecular weight is 210 g/mol. The highest BCUT2D eigenvalue weighted by molar-refractivity contribution is 4.90. The first kappa shape index (κ1) is 11.4. The minimum Gasteiger partial charge on any atom is -0.298 e. The summed E-state index contributed by atoms with van der Waals surface area (Å²) in [5, 5.41) is 11.3. The van der Waals surface area contributed by atoms with Gasteiger partial charge in [0.25, 0.3) is 0 Å². The van der Waals surface area contributed by atoms with Gasteiger partial charge < -0.3 is 0 Å². The lowest BCUT2D eigenvalue weighted by Crippen LogP contribution is -2.50. The van der Waals surface area contributed by atoms with Crippen LogP contribution in [0.1, 0.15) is 58.3 Å². The van der Waals surface area contributed by atoms with E-state index in [0.717, 1.165) is 25.9 Å². The fourth-order valence-electron chi connectivity index (χ4n) is 3.20. The molecular weight excluding hydrogens is 186 g/mol. The molecule has 2 rings (SSSR count). The summed E-state index contributed by atoms with van der Waals surface area (Å²) >= 11 is 0. The molecule has 0 atom stereocenters. The molecule has 1 saturated carbocycles. The van der Waals surface area contributed by atoms with E-state index in [0.29, 0.717) is 5.54 Å². The number of rotatable bonds is 1. The summed E-state index contributed by atoms with van der Waals surface area (Å²) < 4.78 is 0. The predicted molar refractivity (Wildman–Crippen MR) is 61.4 cm³/mol. The van der Waals surface area contributed by atoms with Crippen LogP contribution >= 0.6 is 0 Å². The third kappa shape index (κ3) is 2.73. The molecule has 1 aliphatic carbocycles. The Morgan fingerprint density at radius 1 is 1.00 bits per heavy atom. The molecule has 0 aromatic heterocycles. The SMILES string of the molecule is CC1(N2CCC([O])CC2)CCCCCC1. The van der Waals surface area contributed by atoms with Gasteiger partial charge in [0.05, 0.1) is 6.10 Å². The van der Waals surface area contributed by atoms with Gasteiger partial charge in [-0.3, -0.25) is 4.90 Å². The molecule has 2 fully saturated rings. The molecule has 0 amide bonds. The van der Waals surface area contributed by atoms with Gasteiger partial charge in [-0.05, 0) is 32.6 Å². The molecule has 0 spiro atoms. The number of likely N-dealkylation sites (tertiary alicyclic amines) is 1. The van der Waals surface area contributed by atoms with Gasteiger partial charge in [-0.15, -0.1) is 0 Å². The lowest BCUT2D eigenvalue weighted by Gasteiger charge is -2.44. The van der Waals surface area contributed by atoms with Crippen LogP contribution in [0.3, 0.4) is 0 Å². The van der Waals surface area contributed by atoms with Crippen molar-refractivity contribution in [1.82, 2.24) is 4.90 Å². The van der Waals surface area contributed by atoms with Crippen molar-refractivity contribution < 1.29 is 5.11 Å². The van der Waals surface area contributed by atoms with E-state index >= 15 is 0 Å². The van der Waals surface area contributed by atoms with E-state index in [9.17, 15) is 5.11 Å². The lowest BCUT2D eigenvalue weighted by atomic mass is 9.88. The largest absolute Gasteiger partial charge is 0.298 e. The van der Waals surface area contributed by atoms with Crippen LogP contribution < -0.4 is 0 Å². The number of hydrogen-bond acceptors (Lipinski definition) is 1. The van der Waals surface area contributed by atoms with Crippen molar-refractivity contribution in [3.8, 4) is 0 Å². The van der Waals surface area contributed by atoms with Crippen LogP contribution in [0.5, 0.6) is 0 Å². The number of nitrogens with zero attached hydrogens (tertiary/aromatic N) is 1. The van der Waals surface area contributed by atoms with Gasteiger partial charge in [0.2, 0.25) is 0 Å². The maximum absolute atomic E-state index is 11.3. The second-order valence-electron chi connectivity index (χ2n) is 5.60. The molecule has 1 aliphatic heterocycles. The Bertz CT molecular complexity index is 189. The zero-order valence-corrected chi connectivity index (χ0v) is 10.0. The number of hydrogen-bond donors (Lipinski definition) is 0. The van der Waals surface area contributed by atoms with Gasteiger partial charge >= 0.3 is 0 Å². The molecule has 0 bridgehead atoms. The van der Waals surface area contributed by atoms with Crippen molar-refractivity contribution in [2.45, 2.75) is 69.9 Å². The maximum atomic E-state index is 11.3. The summed E-state index contributed by atoms with van der Waals surface area (Å²) in [6, 6.07) is 0. The van der Waals surface area contributed by atoms with Crippen LogP contribution in [0.25, 0.3) is 0 Å². The van der Waals surface area contributed by atoms with Gasteiger partial charge in [-0.1, -0.05) is 25.7 Å². The molecule has 2 aliphatic rings. The lowest BCUT2D eigenvalue weighted by molar-refractivity contribution is -0.0133. The first-order chi connectivity index (χ1) is 7.21. The zero-order valence-electron chi connectivity index (χ0n) is 10.0. The monoisotopic (exact) mass is 210 g/mol. The summed E-state index contributed by atoms with van der Waals surface area (Å²) in [4.78, 5) is 2.60. The summed E-state index contributed by atoms with van der Waals surface area (Å²) in [6.45, 7) is 4.51. The number of piperidine rings is 1. The quantitative estimate of drug-likeness (QED) is 0.610. The van der Waals surface area contributed by atoms with Crippen molar-refractivity contribution >= 4 is 0 Å². The Balaban J connectivity index is 1.94. The standard InChI is InChI=1S/C13H24NO/c1-13(8-4-2-3-5-9-13)14-10-6-12(15)7-11-14/h12H,2-11H2,1H3. The van der Waals surface area contributed by atoms with Gasteiger partial charge in [-0.2, -0.15) is 0 Å². The molecule has 1 radical (unpaired) electrons. The van der Waals surface area contributed by atoms with Crippen molar-refractivity contribution in [3.63, 3.8) is 0 Å². The van der Waals surface area contributed by atoms with Crippen molar-refractivity contribution in [2.24, 2.45) is 0 Å². The first-order valence-electron chi connectivity index (χ1n) is 6.62. The van der Waals surface area contributed by atoms with E-state index in [1.54, 1.807) is 0 Å². The molecule has 0 aromatic rings. The molecule has 1 heterocycles. The van der Waals surface area contributed by atoms with E-state index in [2.05, 4.69) is 11.8 Å². The molecule has 1 saturated heterocycles. The van der Waals surface area contributed by atoms with Gasteiger partial charge in [0.15, 0.2) is 0 Å². The van der Waals surface area contributed by atoms with Crippen LogP contribution in [-0.2, 0) is 5.11 Å².